The Kier molecular flexibility index (Phi) is 6.00. The van der Waals surface area contributed by atoms with Crippen LogP contribution >= 0.6 is 0 Å². The fraction of sp³-hybridized carbons (Fsp3) is 0.250. The van der Waals surface area contributed by atoms with Gasteiger partial charge in [-0.3, -0.25) is 0 Å². The van der Waals surface area contributed by atoms with E-state index in [1.54, 1.807) is 17.0 Å². The Morgan fingerprint density at radius 3 is 2.07 bits per heavy atom. The van der Waals surface area contributed by atoms with Crippen LogP contribution in [0.2, 0.25) is 0 Å². The zero-order chi connectivity index (χ0) is 19.2. The molecule has 1 aliphatic rings. The van der Waals surface area contributed by atoms with Crippen molar-refractivity contribution in [3.63, 3.8) is 0 Å². The average molecular weight is 378 g/mol. The zero-order valence-electron chi connectivity index (χ0n) is 16.0. The molecule has 3 aromatic carbocycles. The van der Waals surface area contributed by atoms with Crippen molar-refractivity contribution in [2.24, 2.45) is 0 Å². The molecule has 0 radical (unpaired) electrons. The number of halogens is 1. The first-order valence-corrected chi connectivity index (χ1v) is 9.99. The molecule has 0 unspecified atom stereocenters. The van der Waals surface area contributed by atoms with Gasteiger partial charge in [-0.2, -0.15) is 0 Å². The summed E-state index contributed by atoms with van der Waals surface area (Å²) in [5.41, 5.74) is 2.12. The van der Waals surface area contributed by atoms with Crippen LogP contribution in [0, 0.1) is 5.82 Å². The average Bonchev–Trinajstić information content (AvgIpc) is 2.72. The van der Waals surface area contributed by atoms with Gasteiger partial charge in [-0.05, 0) is 30.3 Å². The van der Waals surface area contributed by atoms with Crippen molar-refractivity contribution in [2.75, 3.05) is 26.2 Å². The lowest BCUT2D eigenvalue weighted by Crippen LogP contribution is -3.27. The molecule has 3 nitrogen and oxygen atoms in total. The molecule has 1 saturated heterocycles. The van der Waals surface area contributed by atoms with E-state index in [2.05, 4.69) is 18.2 Å². The van der Waals surface area contributed by atoms with Gasteiger partial charge in [0.05, 0.1) is 0 Å². The fourth-order valence-corrected chi connectivity index (χ4v) is 3.85. The van der Waals surface area contributed by atoms with Gasteiger partial charge < -0.3 is 14.5 Å². The molecule has 3 aromatic rings. The van der Waals surface area contributed by atoms with Crippen molar-refractivity contribution in [3.8, 4) is 11.5 Å². The Morgan fingerprint density at radius 1 is 0.679 bits per heavy atom. The van der Waals surface area contributed by atoms with E-state index >= 15 is 0 Å². The number of benzene rings is 3. The third kappa shape index (κ3) is 4.97. The smallest absolute Gasteiger partial charge is 0.132 e. The van der Waals surface area contributed by atoms with Gasteiger partial charge in [0.25, 0.3) is 0 Å². The Labute approximate surface area is 166 Å². The fourth-order valence-electron chi connectivity index (χ4n) is 3.85. The Hall–Kier alpha value is -2.69. The lowest BCUT2D eigenvalue weighted by Gasteiger charge is -2.30. The first kappa shape index (κ1) is 18.7. The van der Waals surface area contributed by atoms with Crippen LogP contribution in [0.3, 0.4) is 0 Å². The summed E-state index contributed by atoms with van der Waals surface area (Å²) in [6.45, 7) is 6.13. The summed E-state index contributed by atoms with van der Waals surface area (Å²) in [7, 11) is 0. The molecular formula is C24H27FN2O+2. The van der Waals surface area contributed by atoms with Gasteiger partial charge in [-0.15, -0.1) is 0 Å². The molecular weight excluding hydrogens is 351 g/mol. The first-order valence-electron chi connectivity index (χ1n) is 9.99. The minimum absolute atomic E-state index is 0.0833. The lowest BCUT2D eigenvalue weighted by molar-refractivity contribution is -1.02. The van der Waals surface area contributed by atoms with Crippen molar-refractivity contribution >= 4 is 0 Å². The minimum atomic E-state index is -0.0833. The summed E-state index contributed by atoms with van der Waals surface area (Å²) in [4.78, 5) is 3.05. The minimum Gasteiger partial charge on any atom is -0.457 e. The molecule has 4 heteroatoms. The van der Waals surface area contributed by atoms with E-state index in [0.717, 1.165) is 56.3 Å². The van der Waals surface area contributed by atoms with Gasteiger partial charge in [0, 0.05) is 11.1 Å². The van der Waals surface area contributed by atoms with Crippen LogP contribution in [-0.2, 0) is 13.1 Å². The quantitative estimate of drug-likeness (QED) is 0.672. The number of rotatable bonds is 6. The van der Waals surface area contributed by atoms with Gasteiger partial charge in [0.2, 0.25) is 0 Å². The summed E-state index contributed by atoms with van der Waals surface area (Å²) in [6.07, 6.45) is 0. The summed E-state index contributed by atoms with van der Waals surface area (Å²) >= 11 is 0. The van der Waals surface area contributed by atoms with E-state index < -0.39 is 0 Å². The third-order valence-electron chi connectivity index (χ3n) is 5.39. The topological polar surface area (TPSA) is 18.1 Å². The number of hydrogen-bond acceptors (Lipinski definition) is 1. The van der Waals surface area contributed by atoms with Crippen molar-refractivity contribution in [1.29, 1.82) is 0 Å². The first-order chi connectivity index (χ1) is 13.8. The molecule has 0 aliphatic carbocycles. The van der Waals surface area contributed by atoms with Crippen molar-refractivity contribution in [1.82, 2.24) is 0 Å². The molecule has 0 bridgehead atoms. The molecule has 1 heterocycles. The number of para-hydroxylation sites is 1. The highest BCUT2D eigenvalue weighted by atomic mass is 19.1. The monoisotopic (exact) mass is 378 g/mol. The molecule has 4 rings (SSSR count). The molecule has 0 spiro atoms. The molecule has 2 N–H and O–H groups in total. The zero-order valence-corrected chi connectivity index (χ0v) is 16.0. The summed E-state index contributed by atoms with van der Waals surface area (Å²) in [5, 5.41) is 0. The van der Waals surface area contributed by atoms with Crippen LogP contribution in [0.1, 0.15) is 11.1 Å². The van der Waals surface area contributed by atoms with Gasteiger partial charge in [-0.1, -0.05) is 48.5 Å². The molecule has 0 amide bonds. The van der Waals surface area contributed by atoms with Crippen LogP contribution in [-0.4, -0.2) is 26.2 Å². The second-order valence-corrected chi connectivity index (χ2v) is 7.51. The largest absolute Gasteiger partial charge is 0.457 e. The van der Waals surface area contributed by atoms with Gasteiger partial charge in [-0.25, -0.2) is 4.39 Å². The predicted octanol–water partition coefficient (Wildman–Crippen LogP) is 2.10. The number of hydrogen-bond donors (Lipinski definition) is 2. The third-order valence-corrected chi connectivity index (χ3v) is 5.39. The molecule has 28 heavy (non-hydrogen) atoms. The highest BCUT2D eigenvalue weighted by molar-refractivity contribution is 5.33. The standard InChI is InChI=1S/C24H25FN2O/c25-24-12-5-4-8-21(24)19-27-15-13-26(14-16-27)18-20-7-6-11-23(17-20)28-22-9-2-1-3-10-22/h1-12,17H,13-16,18-19H2/p+2. The van der Waals surface area contributed by atoms with Gasteiger partial charge in [0.15, 0.2) is 0 Å². The van der Waals surface area contributed by atoms with E-state index in [4.69, 9.17) is 4.74 Å². The maximum absolute atomic E-state index is 13.9. The molecule has 0 atom stereocenters. The maximum Gasteiger partial charge on any atom is 0.132 e. The van der Waals surface area contributed by atoms with Gasteiger partial charge in [0.1, 0.15) is 56.6 Å². The van der Waals surface area contributed by atoms with Crippen LogP contribution in [0.5, 0.6) is 11.5 Å². The summed E-state index contributed by atoms with van der Waals surface area (Å²) < 4.78 is 19.8. The van der Waals surface area contributed by atoms with Crippen LogP contribution in [0.25, 0.3) is 0 Å². The predicted molar refractivity (Wildman–Crippen MR) is 108 cm³/mol. The SMILES string of the molecule is Fc1ccccc1C[NH+]1CC[NH+](Cc2cccc(Oc3ccccc3)c2)CC1. The summed E-state index contributed by atoms with van der Waals surface area (Å²) in [6, 6.07) is 25.4. The number of quaternary nitrogens is 2. The molecule has 0 saturated carbocycles. The van der Waals surface area contributed by atoms with E-state index in [0.29, 0.717) is 0 Å². The Morgan fingerprint density at radius 2 is 1.32 bits per heavy atom. The van der Waals surface area contributed by atoms with Crippen molar-refractivity contribution in [3.05, 3.63) is 95.8 Å². The maximum atomic E-state index is 13.9. The van der Waals surface area contributed by atoms with Crippen molar-refractivity contribution in [2.45, 2.75) is 13.1 Å². The lowest BCUT2D eigenvalue weighted by atomic mass is 10.1. The Balaban J connectivity index is 1.30. The number of nitrogens with one attached hydrogen (secondary N) is 2. The second-order valence-electron chi connectivity index (χ2n) is 7.51. The highest BCUT2D eigenvalue weighted by Crippen LogP contribution is 2.21. The van der Waals surface area contributed by atoms with E-state index in [-0.39, 0.29) is 5.82 Å². The van der Waals surface area contributed by atoms with Crippen molar-refractivity contribution < 1.29 is 18.9 Å². The van der Waals surface area contributed by atoms with Crippen LogP contribution < -0.4 is 14.5 Å². The number of ether oxygens (including phenoxy) is 1. The second kappa shape index (κ2) is 9.00. The molecule has 0 aromatic heterocycles. The van der Waals surface area contributed by atoms with E-state index in [9.17, 15) is 4.39 Å². The van der Waals surface area contributed by atoms with Gasteiger partial charge >= 0.3 is 0 Å². The molecule has 1 fully saturated rings. The molecule has 1 aliphatic heterocycles. The summed E-state index contributed by atoms with van der Waals surface area (Å²) in [5.74, 6) is 1.66. The Bertz CT molecular complexity index is 892. The van der Waals surface area contributed by atoms with Crippen LogP contribution in [0.15, 0.2) is 78.9 Å². The normalized spacial score (nSPS) is 19.3. The highest BCUT2D eigenvalue weighted by Gasteiger charge is 2.24. The van der Waals surface area contributed by atoms with E-state index in [1.807, 2.05) is 48.5 Å². The van der Waals surface area contributed by atoms with Crippen LogP contribution in [0.4, 0.5) is 4.39 Å². The van der Waals surface area contributed by atoms with E-state index in [1.165, 1.54) is 10.5 Å². The molecule has 144 valence electrons. The number of piperazine rings is 1.